The standard InChI is InChI=1S/C19H24Cl2N4/c1-13-6-9-25(10-7-13)19-23-14(2)11-18(24-19)22-8-5-15-3-4-16(20)12-17(15)21/h3-4,11-13H,5-10H2,1-2H3,(H,22,23,24). The van der Waals surface area contributed by atoms with E-state index in [2.05, 4.69) is 22.1 Å². The van der Waals surface area contributed by atoms with Crippen LogP contribution in [0.2, 0.25) is 10.0 Å². The summed E-state index contributed by atoms with van der Waals surface area (Å²) in [6, 6.07) is 7.60. The first-order valence-corrected chi connectivity index (χ1v) is 9.55. The van der Waals surface area contributed by atoms with Crippen LogP contribution < -0.4 is 10.2 Å². The Morgan fingerprint density at radius 2 is 1.92 bits per heavy atom. The monoisotopic (exact) mass is 378 g/mol. The van der Waals surface area contributed by atoms with Crippen molar-refractivity contribution in [3.63, 3.8) is 0 Å². The molecule has 1 aromatic carbocycles. The summed E-state index contributed by atoms with van der Waals surface area (Å²) in [6.45, 7) is 7.14. The van der Waals surface area contributed by atoms with E-state index in [1.807, 2.05) is 25.1 Å². The quantitative estimate of drug-likeness (QED) is 0.795. The summed E-state index contributed by atoms with van der Waals surface area (Å²) >= 11 is 12.2. The van der Waals surface area contributed by atoms with Crippen LogP contribution in [0.3, 0.4) is 0 Å². The van der Waals surface area contributed by atoms with Gasteiger partial charge < -0.3 is 10.2 Å². The zero-order valence-electron chi connectivity index (χ0n) is 14.7. The summed E-state index contributed by atoms with van der Waals surface area (Å²) in [4.78, 5) is 11.6. The van der Waals surface area contributed by atoms with E-state index in [9.17, 15) is 0 Å². The van der Waals surface area contributed by atoms with Gasteiger partial charge in [0.25, 0.3) is 0 Å². The second kappa shape index (κ2) is 8.24. The van der Waals surface area contributed by atoms with E-state index in [4.69, 9.17) is 28.2 Å². The Morgan fingerprint density at radius 1 is 1.16 bits per heavy atom. The fourth-order valence-electron chi connectivity index (χ4n) is 3.04. The molecule has 1 fully saturated rings. The Kier molecular flexibility index (Phi) is 6.02. The summed E-state index contributed by atoms with van der Waals surface area (Å²) < 4.78 is 0. The molecule has 1 aliphatic heterocycles. The number of rotatable bonds is 5. The van der Waals surface area contributed by atoms with Crippen molar-refractivity contribution in [3.05, 3.63) is 45.6 Å². The fraction of sp³-hybridized carbons (Fsp3) is 0.474. The van der Waals surface area contributed by atoms with Crippen LogP contribution in [0.1, 0.15) is 31.0 Å². The maximum atomic E-state index is 6.23. The molecule has 0 saturated carbocycles. The molecular weight excluding hydrogens is 355 g/mol. The molecular formula is C19H24Cl2N4. The Morgan fingerprint density at radius 3 is 2.64 bits per heavy atom. The lowest BCUT2D eigenvalue weighted by Gasteiger charge is -2.30. The predicted octanol–water partition coefficient (Wildman–Crippen LogP) is 4.98. The molecule has 3 rings (SSSR count). The van der Waals surface area contributed by atoms with Gasteiger partial charge in [0.05, 0.1) is 0 Å². The number of aryl methyl sites for hydroxylation is 1. The number of benzene rings is 1. The van der Waals surface area contributed by atoms with Crippen molar-refractivity contribution in [1.29, 1.82) is 0 Å². The van der Waals surface area contributed by atoms with Crippen LogP contribution in [0.15, 0.2) is 24.3 Å². The highest BCUT2D eigenvalue weighted by Gasteiger charge is 2.18. The molecule has 25 heavy (non-hydrogen) atoms. The first-order valence-electron chi connectivity index (χ1n) is 8.79. The van der Waals surface area contributed by atoms with Crippen LogP contribution in [0.5, 0.6) is 0 Å². The molecule has 0 aliphatic carbocycles. The first-order chi connectivity index (χ1) is 12.0. The largest absolute Gasteiger partial charge is 0.370 e. The Balaban J connectivity index is 1.62. The molecule has 0 radical (unpaired) electrons. The van der Waals surface area contributed by atoms with Crippen LogP contribution in [0.4, 0.5) is 11.8 Å². The van der Waals surface area contributed by atoms with Gasteiger partial charge in [0, 0.05) is 41.4 Å². The predicted molar refractivity (Wildman–Crippen MR) is 106 cm³/mol. The molecule has 1 N–H and O–H groups in total. The third-order valence-corrected chi connectivity index (χ3v) is 5.21. The average molecular weight is 379 g/mol. The summed E-state index contributed by atoms with van der Waals surface area (Å²) in [6.07, 6.45) is 3.22. The van der Waals surface area contributed by atoms with Gasteiger partial charge in [-0.15, -0.1) is 0 Å². The van der Waals surface area contributed by atoms with Gasteiger partial charge in [0.2, 0.25) is 5.95 Å². The van der Waals surface area contributed by atoms with Gasteiger partial charge in [-0.2, -0.15) is 4.98 Å². The van der Waals surface area contributed by atoms with E-state index < -0.39 is 0 Å². The molecule has 0 spiro atoms. The van der Waals surface area contributed by atoms with Gasteiger partial charge in [-0.25, -0.2) is 4.98 Å². The molecule has 1 aliphatic rings. The molecule has 4 nitrogen and oxygen atoms in total. The average Bonchev–Trinajstić information content (AvgIpc) is 2.57. The van der Waals surface area contributed by atoms with Crippen molar-refractivity contribution in [1.82, 2.24) is 9.97 Å². The number of piperidine rings is 1. The normalized spacial score (nSPS) is 15.4. The molecule has 1 saturated heterocycles. The van der Waals surface area contributed by atoms with Crippen molar-refractivity contribution in [2.24, 2.45) is 5.92 Å². The van der Waals surface area contributed by atoms with Crippen LogP contribution in [-0.4, -0.2) is 29.6 Å². The lowest BCUT2D eigenvalue weighted by atomic mass is 10.00. The minimum Gasteiger partial charge on any atom is -0.370 e. The van der Waals surface area contributed by atoms with Gasteiger partial charge in [-0.05, 0) is 49.8 Å². The first kappa shape index (κ1) is 18.3. The summed E-state index contributed by atoms with van der Waals surface area (Å²) in [5, 5.41) is 4.76. The van der Waals surface area contributed by atoms with Crippen molar-refractivity contribution in [3.8, 4) is 0 Å². The zero-order chi connectivity index (χ0) is 17.8. The molecule has 0 amide bonds. The number of aromatic nitrogens is 2. The molecule has 0 atom stereocenters. The van der Waals surface area contributed by atoms with E-state index >= 15 is 0 Å². The highest BCUT2D eigenvalue weighted by Crippen LogP contribution is 2.23. The number of anilines is 2. The minimum atomic E-state index is 0.661. The SMILES string of the molecule is Cc1cc(NCCc2ccc(Cl)cc2Cl)nc(N2CCC(C)CC2)n1. The number of nitrogens with zero attached hydrogens (tertiary/aromatic N) is 3. The van der Waals surface area contributed by atoms with E-state index in [0.29, 0.717) is 10.0 Å². The van der Waals surface area contributed by atoms with E-state index in [0.717, 1.165) is 55.0 Å². The van der Waals surface area contributed by atoms with Crippen LogP contribution in [-0.2, 0) is 6.42 Å². The van der Waals surface area contributed by atoms with E-state index in [-0.39, 0.29) is 0 Å². The van der Waals surface area contributed by atoms with Gasteiger partial charge in [-0.3, -0.25) is 0 Å². The second-order valence-corrected chi connectivity index (χ2v) is 7.62. The Bertz CT molecular complexity index is 727. The lowest BCUT2D eigenvalue weighted by Crippen LogP contribution is -2.34. The minimum absolute atomic E-state index is 0.661. The summed E-state index contributed by atoms with van der Waals surface area (Å²) in [7, 11) is 0. The van der Waals surface area contributed by atoms with Gasteiger partial charge >= 0.3 is 0 Å². The number of hydrogen-bond acceptors (Lipinski definition) is 4. The van der Waals surface area contributed by atoms with Gasteiger partial charge in [0.1, 0.15) is 5.82 Å². The van der Waals surface area contributed by atoms with Crippen LogP contribution in [0, 0.1) is 12.8 Å². The topological polar surface area (TPSA) is 41.1 Å². The highest BCUT2D eigenvalue weighted by molar-refractivity contribution is 6.35. The Labute approximate surface area is 159 Å². The van der Waals surface area contributed by atoms with E-state index in [1.54, 1.807) is 6.07 Å². The summed E-state index contributed by atoms with van der Waals surface area (Å²) in [5.74, 6) is 2.49. The zero-order valence-corrected chi connectivity index (χ0v) is 16.2. The van der Waals surface area contributed by atoms with Crippen molar-refractivity contribution < 1.29 is 0 Å². The third-order valence-electron chi connectivity index (χ3n) is 4.62. The van der Waals surface area contributed by atoms with Gasteiger partial charge in [-0.1, -0.05) is 36.2 Å². The lowest BCUT2D eigenvalue weighted by molar-refractivity contribution is 0.434. The third kappa shape index (κ3) is 4.99. The number of halogens is 2. The number of nitrogens with one attached hydrogen (secondary N) is 1. The molecule has 134 valence electrons. The molecule has 1 aromatic heterocycles. The maximum absolute atomic E-state index is 6.23. The van der Waals surface area contributed by atoms with Crippen molar-refractivity contribution in [2.75, 3.05) is 29.9 Å². The molecule has 2 aromatic rings. The Hall–Kier alpha value is -1.52. The summed E-state index contributed by atoms with van der Waals surface area (Å²) in [5.41, 5.74) is 2.06. The van der Waals surface area contributed by atoms with Crippen LogP contribution >= 0.6 is 23.2 Å². The second-order valence-electron chi connectivity index (χ2n) is 6.78. The van der Waals surface area contributed by atoms with Crippen LogP contribution in [0.25, 0.3) is 0 Å². The van der Waals surface area contributed by atoms with Crippen molar-refractivity contribution >= 4 is 35.0 Å². The fourth-order valence-corrected chi connectivity index (χ4v) is 3.55. The molecule has 0 bridgehead atoms. The molecule has 0 unspecified atom stereocenters. The van der Waals surface area contributed by atoms with Gasteiger partial charge in [0.15, 0.2) is 0 Å². The number of hydrogen-bond donors (Lipinski definition) is 1. The van der Waals surface area contributed by atoms with Crippen molar-refractivity contribution in [2.45, 2.75) is 33.1 Å². The highest BCUT2D eigenvalue weighted by atomic mass is 35.5. The molecule has 6 heteroatoms. The maximum Gasteiger partial charge on any atom is 0.227 e. The molecule has 2 heterocycles. The smallest absolute Gasteiger partial charge is 0.227 e. The van der Waals surface area contributed by atoms with E-state index in [1.165, 1.54) is 12.8 Å².